The van der Waals surface area contributed by atoms with Gasteiger partial charge in [0, 0.05) is 85.8 Å². The van der Waals surface area contributed by atoms with Crippen molar-refractivity contribution in [1.82, 2.24) is 17.7 Å². The number of amides is 2. The van der Waals surface area contributed by atoms with Crippen molar-refractivity contribution in [2.45, 2.75) is 37.5 Å². The maximum atomic E-state index is 13.1. The number of hydrogen-bond donors (Lipinski definition) is 2. The number of carbonyl (C=O) groups excluding carboxylic acids is 2. The molecule has 60 heavy (non-hydrogen) atoms. The molecule has 0 radical (unpaired) electrons. The standard InChI is InChI=1S/C24H29N3O4S.C20H21N3O4S/c1-5-27(6-2)32(29,30)23-17-20(12-13-22(23)31-7-3)25-24(28)19-11-10-18(4)21(16-19)26-14-8-9-15-26;1-22(2)28(25,26)19-14-16(8-11-18(19)27-3)21-20(24)15-6-9-17(10-7-15)23-12-4-5-13-23/h8-17H,5-7H2,1-4H3,(H,25,28);4-14H,1-3H3,(H,21,24). The molecule has 0 aliphatic heterocycles. The van der Waals surface area contributed by atoms with Gasteiger partial charge in [-0.3, -0.25) is 9.59 Å². The smallest absolute Gasteiger partial charge is 0.255 e. The van der Waals surface area contributed by atoms with Gasteiger partial charge in [-0.15, -0.1) is 0 Å². The average molecular weight is 855 g/mol. The van der Waals surface area contributed by atoms with Gasteiger partial charge in [-0.1, -0.05) is 19.9 Å². The number of hydrogen-bond acceptors (Lipinski definition) is 8. The Labute approximate surface area is 352 Å². The van der Waals surface area contributed by atoms with Crippen LogP contribution in [-0.4, -0.2) is 87.3 Å². The summed E-state index contributed by atoms with van der Waals surface area (Å²) in [6.45, 7) is 8.35. The molecule has 316 valence electrons. The largest absolute Gasteiger partial charge is 0.495 e. The zero-order valence-electron chi connectivity index (χ0n) is 34.6. The minimum atomic E-state index is -3.77. The Morgan fingerprint density at radius 2 is 1.13 bits per heavy atom. The summed E-state index contributed by atoms with van der Waals surface area (Å²) in [5.41, 5.74) is 4.55. The number of sulfonamides is 2. The molecule has 2 amide bonds. The zero-order valence-corrected chi connectivity index (χ0v) is 36.3. The fraction of sp³-hybridized carbons (Fsp3) is 0.227. The lowest BCUT2D eigenvalue weighted by Crippen LogP contribution is -2.31. The van der Waals surface area contributed by atoms with Crippen LogP contribution in [0.2, 0.25) is 0 Å². The number of ether oxygens (including phenoxy) is 2. The molecule has 2 heterocycles. The Kier molecular flexibility index (Phi) is 14.7. The molecule has 0 saturated heterocycles. The van der Waals surface area contributed by atoms with Crippen molar-refractivity contribution in [3.05, 3.63) is 145 Å². The van der Waals surface area contributed by atoms with E-state index in [1.165, 1.54) is 43.7 Å². The van der Waals surface area contributed by atoms with Gasteiger partial charge in [-0.2, -0.15) is 4.31 Å². The van der Waals surface area contributed by atoms with E-state index >= 15 is 0 Å². The van der Waals surface area contributed by atoms with Gasteiger partial charge in [-0.25, -0.2) is 21.1 Å². The van der Waals surface area contributed by atoms with Crippen LogP contribution in [-0.2, 0) is 20.0 Å². The molecule has 6 aromatic rings. The summed E-state index contributed by atoms with van der Waals surface area (Å²) >= 11 is 0. The molecule has 4 aromatic carbocycles. The second kappa shape index (κ2) is 19.7. The Balaban J connectivity index is 0.000000230. The molecule has 2 aromatic heterocycles. The lowest BCUT2D eigenvalue weighted by molar-refractivity contribution is 0.101. The summed E-state index contributed by atoms with van der Waals surface area (Å²) in [5.74, 6) is -0.184. The number of aryl methyl sites for hydroxylation is 1. The van der Waals surface area contributed by atoms with Gasteiger partial charge >= 0.3 is 0 Å². The van der Waals surface area contributed by atoms with E-state index in [-0.39, 0.29) is 33.1 Å². The summed E-state index contributed by atoms with van der Waals surface area (Å²) in [4.78, 5) is 25.5. The van der Waals surface area contributed by atoms with Crippen molar-refractivity contribution in [1.29, 1.82) is 0 Å². The molecule has 0 spiro atoms. The fourth-order valence-electron chi connectivity index (χ4n) is 6.14. The minimum Gasteiger partial charge on any atom is -0.495 e. The second-order valence-electron chi connectivity index (χ2n) is 13.5. The van der Waals surface area contributed by atoms with Gasteiger partial charge < -0.3 is 29.2 Å². The van der Waals surface area contributed by atoms with Gasteiger partial charge in [0.05, 0.1) is 13.7 Å². The lowest BCUT2D eigenvalue weighted by atomic mass is 10.1. The highest BCUT2D eigenvalue weighted by molar-refractivity contribution is 7.89. The van der Waals surface area contributed by atoms with E-state index in [0.29, 0.717) is 42.2 Å². The van der Waals surface area contributed by atoms with Gasteiger partial charge in [0.2, 0.25) is 20.0 Å². The van der Waals surface area contributed by atoms with Crippen LogP contribution in [0.25, 0.3) is 11.4 Å². The van der Waals surface area contributed by atoms with Crippen LogP contribution < -0.4 is 20.1 Å². The van der Waals surface area contributed by atoms with E-state index in [9.17, 15) is 26.4 Å². The van der Waals surface area contributed by atoms with Crippen LogP contribution in [0.5, 0.6) is 11.5 Å². The van der Waals surface area contributed by atoms with Gasteiger partial charge in [0.1, 0.15) is 21.3 Å². The normalized spacial score (nSPS) is 11.5. The summed E-state index contributed by atoms with van der Waals surface area (Å²) in [7, 11) is -3.21. The van der Waals surface area contributed by atoms with E-state index in [2.05, 4.69) is 10.6 Å². The number of rotatable bonds is 15. The lowest BCUT2D eigenvalue weighted by Gasteiger charge is -2.21. The van der Waals surface area contributed by atoms with Crippen molar-refractivity contribution in [2.24, 2.45) is 0 Å². The first-order valence-corrected chi connectivity index (χ1v) is 22.0. The van der Waals surface area contributed by atoms with Crippen molar-refractivity contribution in [3.8, 4) is 22.9 Å². The minimum absolute atomic E-state index is 0.0132. The topological polar surface area (TPSA) is 161 Å². The molecule has 2 N–H and O–H groups in total. The molecule has 6 rings (SSSR count). The maximum absolute atomic E-state index is 13.1. The Morgan fingerprint density at radius 1 is 0.633 bits per heavy atom. The van der Waals surface area contributed by atoms with Gasteiger partial charge in [-0.05, 0) is 116 Å². The monoisotopic (exact) mass is 854 g/mol. The first-order chi connectivity index (χ1) is 28.6. The van der Waals surface area contributed by atoms with E-state index in [0.717, 1.165) is 21.2 Å². The molecule has 0 fully saturated rings. The maximum Gasteiger partial charge on any atom is 0.255 e. The number of methoxy groups -OCH3 is 1. The summed E-state index contributed by atoms with van der Waals surface area (Å²) in [6.07, 6.45) is 7.67. The summed E-state index contributed by atoms with van der Waals surface area (Å²) in [6, 6.07) is 29.4. The average Bonchev–Trinajstić information content (AvgIpc) is 3.98. The van der Waals surface area contributed by atoms with Crippen molar-refractivity contribution in [2.75, 3.05) is 51.5 Å². The number of aromatic nitrogens is 2. The van der Waals surface area contributed by atoms with Crippen molar-refractivity contribution < 1.29 is 35.9 Å². The zero-order chi connectivity index (χ0) is 43.6. The predicted octanol–water partition coefficient (Wildman–Crippen LogP) is 7.46. The first-order valence-electron chi connectivity index (χ1n) is 19.1. The molecular weight excluding hydrogens is 805 g/mol. The molecule has 14 nitrogen and oxygen atoms in total. The molecule has 0 saturated carbocycles. The van der Waals surface area contributed by atoms with Crippen molar-refractivity contribution >= 4 is 43.2 Å². The molecule has 0 atom stereocenters. The SMILES string of the molecule is CCOc1ccc(NC(=O)c2ccc(C)c(-n3cccc3)c2)cc1S(=O)(=O)N(CC)CC.COc1ccc(NC(=O)c2ccc(-n3cccc3)cc2)cc1S(=O)(=O)N(C)C. The van der Waals surface area contributed by atoms with Crippen LogP contribution >= 0.6 is 0 Å². The fourth-order valence-corrected chi connectivity index (χ4v) is 8.83. The van der Waals surface area contributed by atoms with Gasteiger partial charge in [0.25, 0.3) is 11.8 Å². The highest BCUT2D eigenvalue weighted by atomic mass is 32.2. The quantitative estimate of drug-likeness (QED) is 0.108. The number of nitrogens with zero attached hydrogens (tertiary/aromatic N) is 4. The third-order valence-corrected chi connectivity index (χ3v) is 13.3. The summed E-state index contributed by atoms with van der Waals surface area (Å²) < 4.78 is 68.3. The van der Waals surface area contributed by atoms with E-state index in [4.69, 9.17) is 9.47 Å². The van der Waals surface area contributed by atoms with Crippen LogP contribution in [0.3, 0.4) is 0 Å². The highest BCUT2D eigenvalue weighted by Crippen LogP contribution is 2.31. The van der Waals surface area contributed by atoms with E-state index < -0.39 is 20.0 Å². The summed E-state index contributed by atoms with van der Waals surface area (Å²) in [5, 5.41) is 5.55. The molecule has 16 heteroatoms. The third-order valence-electron chi connectivity index (χ3n) is 9.39. The highest BCUT2D eigenvalue weighted by Gasteiger charge is 2.27. The predicted molar refractivity (Wildman–Crippen MR) is 234 cm³/mol. The molecular formula is C44H50N6O8S2. The first kappa shape index (κ1) is 44.9. The van der Waals surface area contributed by atoms with E-state index in [1.807, 2.05) is 89.4 Å². The molecule has 0 bridgehead atoms. The number of anilines is 2. The van der Waals surface area contributed by atoms with Crippen LogP contribution in [0.4, 0.5) is 11.4 Å². The van der Waals surface area contributed by atoms with Crippen LogP contribution in [0.15, 0.2) is 138 Å². The number of nitrogens with one attached hydrogen (secondary N) is 2. The Morgan fingerprint density at radius 3 is 1.65 bits per heavy atom. The Bertz CT molecular complexity index is 2620. The third kappa shape index (κ3) is 10.3. The van der Waals surface area contributed by atoms with Crippen molar-refractivity contribution in [3.63, 3.8) is 0 Å². The van der Waals surface area contributed by atoms with Crippen LogP contribution in [0, 0.1) is 6.92 Å². The van der Waals surface area contributed by atoms with Crippen LogP contribution in [0.1, 0.15) is 47.1 Å². The Hall–Kier alpha value is -6.20. The molecule has 0 aliphatic carbocycles. The number of carbonyl (C=O) groups is 2. The van der Waals surface area contributed by atoms with E-state index in [1.54, 1.807) is 57.2 Å². The second-order valence-corrected chi connectivity index (χ2v) is 17.5. The molecule has 0 aliphatic rings. The van der Waals surface area contributed by atoms with Gasteiger partial charge in [0.15, 0.2) is 0 Å². The molecule has 0 unspecified atom stereocenters. The number of benzene rings is 4.